The maximum atomic E-state index is 13.8. The van der Waals surface area contributed by atoms with E-state index >= 15 is 0 Å². The Morgan fingerprint density at radius 3 is 2.38 bits per heavy atom. The Morgan fingerprint density at radius 1 is 0.960 bits per heavy atom. The summed E-state index contributed by atoms with van der Waals surface area (Å²) >= 11 is 0.697. The van der Waals surface area contributed by atoms with E-state index in [1.165, 1.54) is 7.11 Å². The number of methoxy groups -OCH3 is 1. The Hall–Kier alpha value is -2.48. The molecule has 2 atom stereocenters. The number of carbonyl (C=O) groups excluding carboxylic acids is 1. The maximum absolute atomic E-state index is 13.8. The molecule has 1 saturated carbocycles. The van der Waals surface area contributed by atoms with Crippen molar-refractivity contribution in [1.82, 2.24) is 11.5 Å². The second-order valence-electron chi connectivity index (χ2n) is 11.7. The second kappa shape index (κ2) is 16.5. The van der Waals surface area contributed by atoms with E-state index in [-0.39, 0.29) is 95.6 Å². The zero-order valence-electron chi connectivity index (χ0n) is 27.0. The van der Waals surface area contributed by atoms with Crippen LogP contribution in [-0.2, 0) is 17.1 Å². The molecular formula is C33H32F7KN4O4S. The molecule has 0 radical (unpaired) electrons. The molecule has 2 heterocycles. The molecule has 2 aliphatic rings. The molecule has 6 rings (SSSR count). The molecule has 5 N–H and O–H groups in total. The summed E-state index contributed by atoms with van der Waals surface area (Å²) in [5.41, 5.74) is 1.78. The quantitative estimate of drug-likeness (QED) is 0.102. The summed E-state index contributed by atoms with van der Waals surface area (Å²) in [6.07, 6.45) is -5.87. The van der Waals surface area contributed by atoms with Crippen molar-refractivity contribution in [2.45, 2.75) is 56.0 Å². The fourth-order valence-electron chi connectivity index (χ4n) is 5.96. The number of anilines is 1. The number of rotatable bonds is 9. The smallest absolute Gasteiger partial charge is 0.548 e. The molecule has 3 aromatic carbocycles. The number of halogens is 7. The van der Waals surface area contributed by atoms with Crippen molar-refractivity contribution in [3.05, 3.63) is 88.1 Å². The van der Waals surface area contributed by atoms with E-state index in [1.807, 2.05) is 6.07 Å². The van der Waals surface area contributed by atoms with Gasteiger partial charge in [-0.2, -0.15) is 26.3 Å². The van der Waals surface area contributed by atoms with Crippen LogP contribution < -0.4 is 77.7 Å². The molecular weight excluding hydrogens is 721 g/mol. The van der Waals surface area contributed by atoms with Crippen molar-refractivity contribution in [2.75, 3.05) is 25.6 Å². The average molecular weight is 753 g/mol. The van der Waals surface area contributed by atoms with Crippen LogP contribution in [0.5, 0.6) is 10.8 Å². The van der Waals surface area contributed by atoms with Crippen molar-refractivity contribution in [3.63, 3.8) is 0 Å². The predicted octanol–water partition coefficient (Wildman–Crippen LogP) is 6.52. The third-order valence-electron chi connectivity index (χ3n) is 8.44. The first kappa shape index (κ1) is 40.3. The van der Waals surface area contributed by atoms with Gasteiger partial charge in [-0.05, 0) is 61.1 Å². The summed E-state index contributed by atoms with van der Waals surface area (Å²) in [6.45, 7) is 1.36. The van der Waals surface area contributed by atoms with Crippen molar-refractivity contribution >= 4 is 38.7 Å². The first-order valence-electron chi connectivity index (χ1n) is 15.0. The Bertz CT molecular complexity index is 1820. The van der Waals surface area contributed by atoms with Crippen LogP contribution in [0.2, 0.25) is 0 Å². The van der Waals surface area contributed by atoms with E-state index in [0.717, 1.165) is 55.5 Å². The van der Waals surface area contributed by atoms with Crippen LogP contribution in [0.15, 0.2) is 54.6 Å². The number of fused-ring (bicyclic) bond motifs is 1. The van der Waals surface area contributed by atoms with E-state index in [4.69, 9.17) is 14.3 Å². The Morgan fingerprint density at radius 2 is 1.72 bits per heavy atom. The van der Waals surface area contributed by atoms with Gasteiger partial charge >= 0.3 is 63.7 Å². The summed E-state index contributed by atoms with van der Waals surface area (Å²) in [6, 6.07) is 10.8. The molecule has 8 nitrogen and oxygen atoms in total. The molecule has 1 aromatic heterocycles. The SMILES string of the molecule is COc1ccc(C2CCCC(NC3COC3)C2)cc1C(=O)Nc1c(O[N-]c2ccc(F)c(C(F)(F)F)c2)sc2cc(C(F)(F)F)ccc12.N.[K+]. The van der Waals surface area contributed by atoms with Crippen LogP contribution in [0.1, 0.15) is 58.6 Å². The first-order chi connectivity index (χ1) is 22.8. The third-order valence-corrected chi connectivity index (χ3v) is 9.46. The normalized spacial score (nSPS) is 18.0. The van der Waals surface area contributed by atoms with Crippen molar-refractivity contribution in [1.29, 1.82) is 0 Å². The van der Waals surface area contributed by atoms with Gasteiger partial charge in [-0.25, -0.2) is 4.39 Å². The monoisotopic (exact) mass is 752 g/mol. The number of ether oxygens (including phenoxy) is 2. The number of nitrogens with one attached hydrogen (secondary N) is 2. The minimum atomic E-state index is -5.01. The topological polar surface area (TPSA) is 118 Å². The molecule has 1 amide bonds. The van der Waals surface area contributed by atoms with Gasteiger partial charge in [-0.15, -0.1) is 5.69 Å². The molecule has 0 spiro atoms. The number of thiophene rings is 1. The van der Waals surface area contributed by atoms with Gasteiger partial charge in [0.05, 0.1) is 43.1 Å². The molecule has 1 aliphatic heterocycles. The number of carbonyl (C=O) groups is 1. The summed E-state index contributed by atoms with van der Waals surface area (Å²) in [5.74, 6) is -1.76. The molecule has 0 bridgehead atoms. The fraction of sp³-hybridized carbons (Fsp3) is 0.364. The number of amides is 1. The number of nitrogens with zero attached hydrogens (tertiary/aromatic N) is 1. The van der Waals surface area contributed by atoms with E-state index < -0.39 is 40.9 Å². The molecule has 50 heavy (non-hydrogen) atoms. The standard InChI is InChI=1S/C33H29F7N3O4S.K.H3N/c1-45-27-10-5-18(17-3-2-4-20(11-17)41-22-15-46-16-22)12-24(27)30(44)42-29-23-8-6-19(32(35,36)37)13-28(23)48-31(29)47-43-21-7-9-26(34)25(14-21)33(38,39)40;;/h5-10,12-14,17,20,22,41H,2-4,11,15-16H2,1H3,(H,42,44);;1H3/q-1;+1;. The van der Waals surface area contributed by atoms with Gasteiger partial charge in [0.25, 0.3) is 5.91 Å². The molecule has 1 saturated heterocycles. The predicted molar refractivity (Wildman–Crippen MR) is 171 cm³/mol. The Balaban J connectivity index is 0.00000281. The molecule has 1 aliphatic carbocycles. The van der Waals surface area contributed by atoms with Crippen molar-refractivity contribution < 1.29 is 101 Å². The van der Waals surface area contributed by atoms with Gasteiger partial charge in [-0.1, -0.05) is 42.0 Å². The van der Waals surface area contributed by atoms with Crippen LogP contribution in [0, 0.1) is 5.82 Å². The summed E-state index contributed by atoms with van der Waals surface area (Å²) in [4.78, 5) is 19.2. The molecule has 2 fully saturated rings. The molecule has 2 unspecified atom stereocenters. The maximum Gasteiger partial charge on any atom is 1.00 e. The van der Waals surface area contributed by atoms with Gasteiger partial charge in [0.15, 0.2) is 5.06 Å². The summed E-state index contributed by atoms with van der Waals surface area (Å²) in [7, 11) is 1.40. The number of benzene rings is 3. The zero-order valence-corrected chi connectivity index (χ0v) is 31.0. The summed E-state index contributed by atoms with van der Waals surface area (Å²) in [5, 5.41) is 6.30. The number of hydrogen-bond donors (Lipinski definition) is 3. The minimum Gasteiger partial charge on any atom is -0.548 e. The van der Waals surface area contributed by atoms with Crippen molar-refractivity contribution in [2.24, 2.45) is 0 Å². The van der Waals surface area contributed by atoms with Gasteiger partial charge in [0, 0.05) is 16.1 Å². The van der Waals surface area contributed by atoms with Crippen LogP contribution in [-0.4, -0.2) is 38.3 Å². The van der Waals surface area contributed by atoms with Crippen LogP contribution in [0.3, 0.4) is 0 Å². The average Bonchev–Trinajstić information content (AvgIpc) is 3.37. The number of alkyl halides is 6. The summed E-state index contributed by atoms with van der Waals surface area (Å²) < 4.78 is 105. The third kappa shape index (κ3) is 9.11. The van der Waals surface area contributed by atoms with Crippen molar-refractivity contribution in [3.8, 4) is 10.8 Å². The largest absolute Gasteiger partial charge is 1.00 e. The van der Waals surface area contributed by atoms with Gasteiger partial charge < -0.3 is 36.6 Å². The Labute approximate surface area is 329 Å². The van der Waals surface area contributed by atoms with E-state index in [2.05, 4.69) is 16.1 Å². The van der Waals surface area contributed by atoms with E-state index in [1.54, 1.807) is 12.1 Å². The first-order valence-corrected chi connectivity index (χ1v) is 15.8. The molecule has 17 heteroatoms. The molecule has 264 valence electrons. The van der Waals surface area contributed by atoms with Gasteiger partial charge in [0.1, 0.15) is 17.3 Å². The van der Waals surface area contributed by atoms with E-state index in [0.29, 0.717) is 48.8 Å². The fourth-order valence-corrected chi connectivity index (χ4v) is 6.96. The second-order valence-corrected chi connectivity index (χ2v) is 12.7. The van der Waals surface area contributed by atoms with Crippen LogP contribution in [0.25, 0.3) is 15.6 Å². The van der Waals surface area contributed by atoms with Crippen LogP contribution >= 0.6 is 11.3 Å². The number of hydrogen-bond acceptors (Lipinski definition) is 7. The van der Waals surface area contributed by atoms with Gasteiger partial charge in [-0.3, -0.25) is 4.79 Å². The van der Waals surface area contributed by atoms with E-state index in [9.17, 15) is 35.5 Å². The minimum absolute atomic E-state index is 0. The van der Waals surface area contributed by atoms with Crippen LogP contribution in [0.4, 0.5) is 42.1 Å². The van der Waals surface area contributed by atoms with Gasteiger partial charge in [0.2, 0.25) is 0 Å². The Kier molecular flexibility index (Phi) is 13.3. The molecule has 4 aromatic rings. The zero-order chi connectivity index (χ0) is 34.2.